The summed E-state index contributed by atoms with van der Waals surface area (Å²) in [6.07, 6.45) is -4.32. The highest BCUT2D eigenvalue weighted by molar-refractivity contribution is 7.13. The molecule has 0 saturated carbocycles. The van der Waals surface area contributed by atoms with Crippen molar-refractivity contribution in [3.63, 3.8) is 0 Å². The molecule has 1 heterocycles. The summed E-state index contributed by atoms with van der Waals surface area (Å²) in [5.41, 5.74) is 3.07. The second kappa shape index (κ2) is 6.30. The third-order valence-electron chi connectivity index (χ3n) is 4.01. The molecule has 0 aliphatic heterocycles. The summed E-state index contributed by atoms with van der Waals surface area (Å²) >= 11 is 1.49. The number of hydrogen-bond acceptors (Lipinski definition) is 2. The Labute approximate surface area is 149 Å². The Kier molecular flexibility index (Phi) is 4.45. The van der Waals surface area contributed by atoms with Gasteiger partial charge in [-0.05, 0) is 23.1 Å². The van der Waals surface area contributed by atoms with Crippen molar-refractivity contribution in [2.45, 2.75) is 32.4 Å². The van der Waals surface area contributed by atoms with Gasteiger partial charge in [-0.1, -0.05) is 57.2 Å². The molecule has 0 aliphatic rings. The minimum atomic E-state index is -4.32. The van der Waals surface area contributed by atoms with Crippen LogP contribution in [0.15, 0.2) is 53.9 Å². The summed E-state index contributed by atoms with van der Waals surface area (Å²) in [7, 11) is 0. The van der Waals surface area contributed by atoms with Gasteiger partial charge >= 0.3 is 6.18 Å². The Hall–Kier alpha value is -2.14. The summed E-state index contributed by atoms with van der Waals surface area (Å²) in [4.78, 5) is 4.57. The van der Waals surface area contributed by atoms with Gasteiger partial charge < -0.3 is 0 Å². The maximum atomic E-state index is 12.7. The van der Waals surface area contributed by atoms with E-state index in [1.807, 2.05) is 17.5 Å². The molecule has 1 aromatic heterocycles. The van der Waals surface area contributed by atoms with E-state index in [9.17, 15) is 13.2 Å². The quantitative estimate of drug-likeness (QED) is 0.489. The van der Waals surface area contributed by atoms with Gasteiger partial charge in [-0.15, -0.1) is 11.3 Å². The van der Waals surface area contributed by atoms with Crippen LogP contribution in [0.5, 0.6) is 0 Å². The van der Waals surface area contributed by atoms with Crippen LogP contribution in [0.1, 0.15) is 31.9 Å². The normalized spacial score (nSPS) is 12.4. The van der Waals surface area contributed by atoms with Gasteiger partial charge in [-0.3, -0.25) is 0 Å². The van der Waals surface area contributed by atoms with Crippen LogP contribution >= 0.6 is 11.3 Å². The molecular weight excluding hydrogens is 343 g/mol. The zero-order valence-corrected chi connectivity index (χ0v) is 15.0. The van der Waals surface area contributed by atoms with E-state index < -0.39 is 11.7 Å². The molecule has 0 atom stereocenters. The van der Waals surface area contributed by atoms with Crippen molar-refractivity contribution in [2.24, 2.45) is 0 Å². The number of nitrogens with zero attached hydrogens (tertiary/aromatic N) is 1. The van der Waals surface area contributed by atoms with E-state index in [1.165, 1.54) is 29.0 Å². The maximum Gasteiger partial charge on any atom is 0.416 e. The largest absolute Gasteiger partial charge is 0.416 e. The number of aromatic nitrogens is 1. The fourth-order valence-electron chi connectivity index (χ4n) is 2.48. The molecular formula is C20H18F3NS. The monoisotopic (exact) mass is 361 g/mol. The molecule has 0 saturated heterocycles. The van der Waals surface area contributed by atoms with E-state index in [0.29, 0.717) is 11.3 Å². The molecule has 0 bridgehead atoms. The summed E-state index contributed by atoms with van der Waals surface area (Å²) in [6.45, 7) is 6.48. The number of halogens is 3. The fourth-order valence-corrected chi connectivity index (χ4v) is 3.32. The Balaban J connectivity index is 1.85. The van der Waals surface area contributed by atoms with Crippen molar-refractivity contribution >= 4 is 11.3 Å². The van der Waals surface area contributed by atoms with Gasteiger partial charge in [0.2, 0.25) is 0 Å². The zero-order valence-electron chi connectivity index (χ0n) is 14.2. The molecule has 0 amide bonds. The smallest absolute Gasteiger partial charge is 0.236 e. The fraction of sp³-hybridized carbons (Fsp3) is 0.250. The summed E-state index contributed by atoms with van der Waals surface area (Å²) in [5.74, 6) is 0. The van der Waals surface area contributed by atoms with Crippen molar-refractivity contribution in [3.8, 4) is 21.8 Å². The molecule has 25 heavy (non-hydrogen) atoms. The van der Waals surface area contributed by atoms with Crippen molar-refractivity contribution in [2.75, 3.05) is 0 Å². The second-order valence-electron chi connectivity index (χ2n) is 6.94. The Morgan fingerprint density at radius 1 is 0.760 bits per heavy atom. The molecule has 1 nitrogen and oxygen atoms in total. The number of thiazole rings is 1. The van der Waals surface area contributed by atoms with Crippen molar-refractivity contribution in [1.82, 2.24) is 4.98 Å². The first kappa shape index (κ1) is 17.7. The molecule has 0 unspecified atom stereocenters. The minimum Gasteiger partial charge on any atom is -0.236 e. The molecule has 0 spiro atoms. The predicted molar refractivity (Wildman–Crippen MR) is 96.7 cm³/mol. The lowest BCUT2D eigenvalue weighted by molar-refractivity contribution is -0.137. The van der Waals surface area contributed by atoms with Crippen LogP contribution < -0.4 is 0 Å². The Morgan fingerprint density at radius 3 is 1.80 bits per heavy atom. The number of benzene rings is 2. The Morgan fingerprint density at radius 2 is 1.28 bits per heavy atom. The maximum absolute atomic E-state index is 12.7. The molecule has 0 N–H and O–H groups in total. The van der Waals surface area contributed by atoms with Crippen LogP contribution in [0.2, 0.25) is 0 Å². The zero-order chi connectivity index (χ0) is 18.2. The molecule has 130 valence electrons. The van der Waals surface area contributed by atoms with E-state index >= 15 is 0 Å². The van der Waals surface area contributed by atoms with Gasteiger partial charge in [0.25, 0.3) is 0 Å². The van der Waals surface area contributed by atoms with Gasteiger partial charge in [0.05, 0.1) is 11.3 Å². The highest BCUT2D eigenvalue weighted by atomic mass is 32.1. The van der Waals surface area contributed by atoms with Crippen LogP contribution in [-0.2, 0) is 11.6 Å². The summed E-state index contributed by atoms with van der Waals surface area (Å²) in [6, 6.07) is 13.4. The lowest BCUT2D eigenvalue weighted by Crippen LogP contribution is -2.10. The van der Waals surface area contributed by atoms with Crippen LogP contribution in [0.25, 0.3) is 21.8 Å². The lowest BCUT2D eigenvalue weighted by Gasteiger charge is -2.18. The predicted octanol–water partition coefficient (Wildman–Crippen LogP) is 6.79. The van der Waals surface area contributed by atoms with Crippen molar-refractivity contribution in [3.05, 3.63) is 65.0 Å². The average Bonchev–Trinajstić information content (AvgIpc) is 3.03. The van der Waals surface area contributed by atoms with E-state index in [4.69, 9.17) is 0 Å². The van der Waals surface area contributed by atoms with Crippen LogP contribution in [0.3, 0.4) is 0 Å². The number of hydrogen-bond donors (Lipinski definition) is 0. The number of rotatable bonds is 2. The highest BCUT2D eigenvalue weighted by Crippen LogP contribution is 2.33. The molecule has 0 radical (unpaired) electrons. The van der Waals surface area contributed by atoms with Crippen LogP contribution in [0.4, 0.5) is 13.2 Å². The van der Waals surface area contributed by atoms with Crippen LogP contribution in [-0.4, -0.2) is 4.98 Å². The first-order valence-electron chi connectivity index (χ1n) is 7.89. The second-order valence-corrected chi connectivity index (χ2v) is 7.80. The van der Waals surface area contributed by atoms with Crippen molar-refractivity contribution < 1.29 is 13.2 Å². The van der Waals surface area contributed by atoms with Gasteiger partial charge in [0, 0.05) is 16.5 Å². The standard InChI is InChI=1S/C20H18F3NS/c1-19(2,3)15-8-6-14(7-9-15)18-24-17(12-25-18)13-4-10-16(11-5-13)20(21,22)23/h4-12H,1-3H3. The minimum absolute atomic E-state index is 0.0901. The molecule has 3 rings (SSSR count). The van der Waals surface area contributed by atoms with E-state index in [1.54, 1.807) is 0 Å². The molecule has 0 fully saturated rings. The third-order valence-corrected chi connectivity index (χ3v) is 4.90. The lowest BCUT2D eigenvalue weighted by atomic mass is 9.87. The van der Waals surface area contributed by atoms with Crippen molar-refractivity contribution in [1.29, 1.82) is 0 Å². The Bertz CT molecular complexity index is 782. The van der Waals surface area contributed by atoms with Gasteiger partial charge in [-0.2, -0.15) is 13.2 Å². The van der Waals surface area contributed by atoms with Gasteiger partial charge in [-0.25, -0.2) is 4.98 Å². The first-order chi connectivity index (χ1) is 11.6. The average molecular weight is 361 g/mol. The molecule has 5 heteroatoms. The van der Waals surface area contributed by atoms with E-state index in [0.717, 1.165) is 22.7 Å². The van der Waals surface area contributed by atoms with Gasteiger partial charge in [0.1, 0.15) is 5.01 Å². The topological polar surface area (TPSA) is 12.9 Å². The molecule has 0 aliphatic carbocycles. The SMILES string of the molecule is CC(C)(C)c1ccc(-c2nc(-c3ccc(C(F)(F)F)cc3)cs2)cc1. The van der Waals surface area contributed by atoms with Crippen LogP contribution in [0, 0.1) is 0 Å². The summed E-state index contributed by atoms with van der Waals surface area (Å²) in [5, 5.41) is 2.73. The van der Waals surface area contributed by atoms with E-state index in [2.05, 4.69) is 37.9 Å². The number of alkyl halides is 3. The molecule has 3 aromatic rings. The third kappa shape index (κ3) is 3.93. The van der Waals surface area contributed by atoms with E-state index in [-0.39, 0.29) is 5.41 Å². The molecule has 2 aromatic carbocycles. The first-order valence-corrected chi connectivity index (χ1v) is 8.77. The van der Waals surface area contributed by atoms with Gasteiger partial charge in [0.15, 0.2) is 0 Å². The summed E-state index contributed by atoms with van der Waals surface area (Å²) < 4.78 is 38.0. The highest BCUT2D eigenvalue weighted by Gasteiger charge is 2.30.